The predicted molar refractivity (Wildman–Crippen MR) is 89.0 cm³/mol. The third kappa shape index (κ3) is 3.02. The molecule has 0 atom stereocenters. The summed E-state index contributed by atoms with van der Waals surface area (Å²) in [7, 11) is 1.70. The highest BCUT2D eigenvalue weighted by Gasteiger charge is 2.30. The SMILES string of the molecule is CN1C(=O)/C(=C/c2ccccc2Cl)S/C1=N/c1nccs1. The molecule has 2 heterocycles. The number of aromatic nitrogens is 1. The van der Waals surface area contributed by atoms with Crippen LogP contribution in [0.5, 0.6) is 0 Å². The second-order valence-corrected chi connectivity index (χ2v) is 6.49. The summed E-state index contributed by atoms with van der Waals surface area (Å²) in [4.78, 5) is 22.9. The Hall–Kier alpha value is -1.63. The molecule has 1 saturated heterocycles. The Bertz CT molecular complexity index is 740. The molecule has 1 amide bonds. The molecule has 106 valence electrons. The molecule has 0 radical (unpaired) electrons. The van der Waals surface area contributed by atoms with Crippen LogP contribution in [-0.2, 0) is 4.79 Å². The molecule has 0 saturated carbocycles. The van der Waals surface area contributed by atoms with E-state index in [1.165, 1.54) is 28.0 Å². The summed E-state index contributed by atoms with van der Waals surface area (Å²) in [5.41, 5.74) is 0.818. The number of nitrogens with zero attached hydrogens (tertiary/aromatic N) is 3. The number of carbonyl (C=O) groups is 1. The molecule has 21 heavy (non-hydrogen) atoms. The molecular formula is C14H10ClN3OS2. The van der Waals surface area contributed by atoms with E-state index in [1.54, 1.807) is 25.4 Å². The zero-order valence-corrected chi connectivity index (χ0v) is 13.4. The minimum Gasteiger partial charge on any atom is -0.289 e. The van der Waals surface area contributed by atoms with Crippen molar-refractivity contribution in [1.29, 1.82) is 0 Å². The molecule has 2 aromatic rings. The average Bonchev–Trinajstić information content (AvgIpc) is 3.07. The average molecular weight is 336 g/mol. The molecule has 0 aliphatic carbocycles. The molecule has 3 rings (SSSR count). The van der Waals surface area contributed by atoms with Crippen LogP contribution in [0.25, 0.3) is 6.08 Å². The zero-order chi connectivity index (χ0) is 14.8. The summed E-state index contributed by atoms with van der Waals surface area (Å²) in [5.74, 6) is -0.0878. The molecule has 1 fully saturated rings. The van der Waals surface area contributed by atoms with Gasteiger partial charge in [0.25, 0.3) is 5.91 Å². The van der Waals surface area contributed by atoms with E-state index in [9.17, 15) is 4.79 Å². The van der Waals surface area contributed by atoms with Crippen molar-refractivity contribution in [2.45, 2.75) is 0 Å². The molecule has 1 aliphatic rings. The van der Waals surface area contributed by atoms with Gasteiger partial charge in [0.05, 0.1) is 4.91 Å². The standard InChI is InChI=1S/C14H10ClN3OS2/c1-18-12(19)11(8-9-4-2-3-5-10(9)15)21-14(18)17-13-16-6-7-20-13/h2-8H,1H3/b11-8-,17-14+. The van der Waals surface area contributed by atoms with Gasteiger partial charge >= 0.3 is 0 Å². The van der Waals surface area contributed by atoms with Gasteiger partial charge < -0.3 is 0 Å². The van der Waals surface area contributed by atoms with Crippen LogP contribution in [-0.4, -0.2) is 28.0 Å². The van der Waals surface area contributed by atoms with E-state index >= 15 is 0 Å². The number of rotatable bonds is 2. The van der Waals surface area contributed by atoms with Crippen LogP contribution < -0.4 is 0 Å². The van der Waals surface area contributed by atoms with Crippen LogP contribution >= 0.6 is 34.7 Å². The van der Waals surface area contributed by atoms with Crippen LogP contribution in [0, 0.1) is 0 Å². The number of hydrogen-bond donors (Lipinski definition) is 0. The van der Waals surface area contributed by atoms with Crippen molar-refractivity contribution in [2.24, 2.45) is 4.99 Å². The van der Waals surface area contributed by atoms with Crippen molar-refractivity contribution in [3.63, 3.8) is 0 Å². The molecule has 0 bridgehead atoms. The van der Waals surface area contributed by atoms with Crippen LogP contribution in [0.1, 0.15) is 5.56 Å². The van der Waals surface area contributed by atoms with Crippen molar-refractivity contribution < 1.29 is 4.79 Å². The Balaban J connectivity index is 1.92. The minimum atomic E-state index is -0.0878. The quantitative estimate of drug-likeness (QED) is 0.778. The second kappa shape index (κ2) is 6.01. The van der Waals surface area contributed by atoms with Crippen LogP contribution in [0.15, 0.2) is 45.7 Å². The number of hydrogen-bond acceptors (Lipinski definition) is 5. The largest absolute Gasteiger partial charge is 0.289 e. The van der Waals surface area contributed by atoms with Crippen LogP contribution in [0.2, 0.25) is 5.02 Å². The number of thiazole rings is 1. The molecule has 0 spiro atoms. The summed E-state index contributed by atoms with van der Waals surface area (Å²) >= 11 is 8.88. The first-order valence-corrected chi connectivity index (χ1v) is 8.13. The third-order valence-electron chi connectivity index (χ3n) is 2.81. The van der Waals surface area contributed by atoms with Crippen LogP contribution in [0.3, 0.4) is 0 Å². The highest BCUT2D eigenvalue weighted by Crippen LogP contribution is 2.34. The summed E-state index contributed by atoms with van der Waals surface area (Å²) in [6.45, 7) is 0. The van der Waals surface area contributed by atoms with E-state index in [4.69, 9.17) is 11.6 Å². The van der Waals surface area contributed by atoms with Crippen molar-refractivity contribution in [3.8, 4) is 0 Å². The Morgan fingerprint density at radius 3 is 2.90 bits per heavy atom. The van der Waals surface area contributed by atoms with Gasteiger partial charge in [0, 0.05) is 23.6 Å². The van der Waals surface area contributed by atoms with Crippen molar-refractivity contribution in [2.75, 3.05) is 7.05 Å². The lowest BCUT2D eigenvalue weighted by Gasteiger charge is -2.05. The summed E-state index contributed by atoms with van der Waals surface area (Å²) in [6.07, 6.45) is 3.47. The van der Waals surface area contributed by atoms with Crippen molar-refractivity contribution >= 4 is 57.0 Å². The molecule has 1 aromatic heterocycles. The van der Waals surface area contributed by atoms with Gasteiger partial charge in [-0.1, -0.05) is 29.8 Å². The van der Waals surface area contributed by atoms with E-state index in [2.05, 4.69) is 9.98 Å². The van der Waals surface area contributed by atoms with E-state index in [0.29, 0.717) is 20.2 Å². The summed E-state index contributed by atoms with van der Waals surface area (Å²) in [5, 5.41) is 3.72. The molecule has 0 unspecified atom stereocenters. The Labute approximate surface area is 135 Å². The number of thioether (sulfide) groups is 1. The lowest BCUT2D eigenvalue weighted by molar-refractivity contribution is -0.121. The lowest BCUT2D eigenvalue weighted by Crippen LogP contribution is -2.23. The van der Waals surface area contributed by atoms with Crippen LogP contribution in [0.4, 0.5) is 5.13 Å². The minimum absolute atomic E-state index is 0.0878. The van der Waals surface area contributed by atoms with Crippen molar-refractivity contribution in [1.82, 2.24) is 9.88 Å². The third-order valence-corrected chi connectivity index (χ3v) is 4.88. The zero-order valence-electron chi connectivity index (χ0n) is 11.0. The Morgan fingerprint density at radius 2 is 2.19 bits per heavy atom. The first-order chi connectivity index (χ1) is 10.1. The smallest absolute Gasteiger partial charge is 0.266 e. The maximum atomic E-state index is 12.3. The van der Waals surface area contributed by atoms with Gasteiger partial charge in [-0.3, -0.25) is 9.69 Å². The topological polar surface area (TPSA) is 45.6 Å². The highest BCUT2D eigenvalue weighted by molar-refractivity contribution is 8.18. The van der Waals surface area contributed by atoms with E-state index in [1.807, 2.05) is 23.6 Å². The van der Waals surface area contributed by atoms with Gasteiger partial charge in [-0.15, -0.1) is 11.3 Å². The van der Waals surface area contributed by atoms with Gasteiger partial charge in [-0.25, -0.2) is 4.98 Å². The summed E-state index contributed by atoms with van der Waals surface area (Å²) < 4.78 is 0. The first kappa shape index (κ1) is 14.3. The fraction of sp³-hybridized carbons (Fsp3) is 0.0714. The number of halogens is 1. The second-order valence-electron chi connectivity index (χ2n) is 4.21. The number of amides is 1. The summed E-state index contributed by atoms with van der Waals surface area (Å²) in [6, 6.07) is 7.41. The monoisotopic (exact) mass is 335 g/mol. The molecule has 0 N–H and O–H groups in total. The molecule has 1 aliphatic heterocycles. The number of likely N-dealkylation sites (N-methyl/N-ethyl adjacent to an activating group) is 1. The maximum absolute atomic E-state index is 12.3. The predicted octanol–water partition coefficient (Wildman–Crippen LogP) is 4.03. The van der Waals surface area contributed by atoms with Gasteiger partial charge in [-0.2, -0.15) is 4.99 Å². The fourth-order valence-electron chi connectivity index (χ4n) is 1.74. The Kier molecular flexibility index (Phi) is 4.10. The van der Waals surface area contributed by atoms with Crippen molar-refractivity contribution in [3.05, 3.63) is 51.3 Å². The van der Waals surface area contributed by atoms with E-state index in [0.717, 1.165) is 5.56 Å². The van der Waals surface area contributed by atoms with E-state index < -0.39 is 0 Å². The maximum Gasteiger partial charge on any atom is 0.266 e. The van der Waals surface area contributed by atoms with Gasteiger partial charge in [-0.05, 0) is 29.5 Å². The van der Waals surface area contributed by atoms with Gasteiger partial charge in [0.2, 0.25) is 5.13 Å². The molecule has 4 nitrogen and oxygen atoms in total. The fourth-order valence-corrected chi connectivity index (χ4v) is 3.45. The highest BCUT2D eigenvalue weighted by atomic mass is 35.5. The Morgan fingerprint density at radius 1 is 1.38 bits per heavy atom. The molecule has 1 aromatic carbocycles. The number of amidine groups is 1. The normalized spacial score (nSPS) is 19.0. The number of aliphatic imine (C=N–C) groups is 1. The van der Waals surface area contributed by atoms with Gasteiger partial charge in [0.1, 0.15) is 0 Å². The first-order valence-electron chi connectivity index (χ1n) is 6.05. The van der Waals surface area contributed by atoms with Gasteiger partial charge in [0.15, 0.2) is 5.17 Å². The lowest BCUT2D eigenvalue weighted by atomic mass is 10.2. The number of carbonyl (C=O) groups excluding carboxylic acids is 1. The van der Waals surface area contributed by atoms with E-state index in [-0.39, 0.29) is 5.91 Å². The molecular weight excluding hydrogens is 326 g/mol. The molecule has 7 heteroatoms. The number of benzene rings is 1.